The maximum absolute atomic E-state index is 12.2. The number of allylic oxidation sites excluding steroid dienone is 1. The van der Waals surface area contributed by atoms with Gasteiger partial charge in [0.15, 0.2) is 6.61 Å². The van der Waals surface area contributed by atoms with Crippen LogP contribution in [0.15, 0.2) is 53.9 Å². The molecule has 1 aromatic heterocycles. The van der Waals surface area contributed by atoms with Crippen molar-refractivity contribution in [3.8, 4) is 17.7 Å². The number of carbonyl (C=O) groups excluding carboxylic acids is 1. The third-order valence-electron chi connectivity index (χ3n) is 4.92. The molecular formula is C22H17Cl2N5O3. The van der Waals surface area contributed by atoms with Crippen molar-refractivity contribution in [2.24, 2.45) is 5.73 Å². The third-order valence-corrected chi connectivity index (χ3v) is 5.66. The lowest BCUT2D eigenvalue weighted by Crippen LogP contribution is -2.21. The predicted molar refractivity (Wildman–Crippen MR) is 120 cm³/mol. The lowest BCUT2D eigenvalue weighted by atomic mass is 9.84. The summed E-state index contributed by atoms with van der Waals surface area (Å²) in [6, 6.07) is 14.0. The highest BCUT2D eigenvalue weighted by molar-refractivity contribution is 6.42. The van der Waals surface area contributed by atoms with Gasteiger partial charge in [-0.2, -0.15) is 5.26 Å². The number of benzene rings is 2. The fourth-order valence-electron chi connectivity index (χ4n) is 3.41. The molecule has 32 heavy (non-hydrogen) atoms. The van der Waals surface area contributed by atoms with Gasteiger partial charge in [-0.05, 0) is 42.8 Å². The second kappa shape index (κ2) is 8.83. The number of nitrogens with two attached hydrogens (primary N) is 1. The standard InChI is InChI=1S/C22H17Cl2N5O3/c1-11-19-20(15(9-25)21(26)32-22(19)29-28-11)12-2-5-14(6-3-12)31-10-18(30)27-13-4-7-16(23)17(24)8-13/h2-8,20H,10,26H2,1H3,(H,27,30)(H,28,29). The number of nitriles is 1. The van der Waals surface area contributed by atoms with E-state index in [1.54, 1.807) is 30.3 Å². The summed E-state index contributed by atoms with van der Waals surface area (Å²) in [5, 5.41) is 20.0. The molecule has 0 aliphatic carbocycles. The Kier molecular flexibility index (Phi) is 5.95. The van der Waals surface area contributed by atoms with Crippen LogP contribution in [-0.2, 0) is 4.79 Å². The van der Waals surface area contributed by atoms with Crippen LogP contribution in [0.25, 0.3) is 0 Å². The molecule has 0 radical (unpaired) electrons. The molecule has 0 bridgehead atoms. The monoisotopic (exact) mass is 469 g/mol. The van der Waals surface area contributed by atoms with Gasteiger partial charge >= 0.3 is 0 Å². The Bertz CT molecular complexity index is 1260. The number of ether oxygens (including phenoxy) is 2. The van der Waals surface area contributed by atoms with Crippen LogP contribution < -0.4 is 20.5 Å². The molecule has 3 aromatic rings. The zero-order valence-corrected chi connectivity index (χ0v) is 18.3. The number of rotatable bonds is 5. The van der Waals surface area contributed by atoms with Gasteiger partial charge in [0.1, 0.15) is 17.4 Å². The van der Waals surface area contributed by atoms with Crippen molar-refractivity contribution in [3.63, 3.8) is 0 Å². The van der Waals surface area contributed by atoms with Gasteiger partial charge in [-0.15, -0.1) is 5.10 Å². The first-order valence-corrected chi connectivity index (χ1v) is 10.2. The number of nitrogens with one attached hydrogen (secondary N) is 2. The third kappa shape index (κ3) is 4.21. The number of halogens is 2. The Morgan fingerprint density at radius 2 is 2.03 bits per heavy atom. The van der Waals surface area contributed by atoms with Gasteiger partial charge in [-0.1, -0.05) is 35.3 Å². The number of aromatic amines is 1. The Hall–Kier alpha value is -3.67. The van der Waals surface area contributed by atoms with E-state index in [1.165, 1.54) is 0 Å². The Balaban J connectivity index is 1.46. The van der Waals surface area contributed by atoms with Crippen molar-refractivity contribution >= 4 is 34.8 Å². The molecule has 2 aromatic carbocycles. The summed E-state index contributed by atoms with van der Waals surface area (Å²) < 4.78 is 11.0. The molecule has 0 spiro atoms. The second-order valence-electron chi connectivity index (χ2n) is 7.03. The first kappa shape index (κ1) is 21.6. The molecule has 1 aliphatic heterocycles. The van der Waals surface area contributed by atoms with E-state index in [0.717, 1.165) is 16.8 Å². The van der Waals surface area contributed by atoms with Crippen molar-refractivity contribution in [1.29, 1.82) is 5.26 Å². The molecule has 0 saturated carbocycles. The summed E-state index contributed by atoms with van der Waals surface area (Å²) in [6.45, 7) is 1.65. The molecular weight excluding hydrogens is 453 g/mol. The molecule has 1 atom stereocenters. The summed E-state index contributed by atoms with van der Waals surface area (Å²) in [4.78, 5) is 12.2. The maximum atomic E-state index is 12.2. The maximum Gasteiger partial charge on any atom is 0.262 e. The molecule has 162 valence electrons. The van der Waals surface area contributed by atoms with Crippen LogP contribution in [-0.4, -0.2) is 22.7 Å². The molecule has 1 aliphatic rings. The number of fused-ring (bicyclic) bond motifs is 1. The van der Waals surface area contributed by atoms with E-state index < -0.39 is 5.92 Å². The van der Waals surface area contributed by atoms with Crippen molar-refractivity contribution in [1.82, 2.24) is 10.2 Å². The number of hydrogen-bond donors (Lipinski definition) is 3. The summed E-state index contributed by atoms with van der Waals surface area (Å²) in [6.07, 6.45) is 0. The smallest absolute Gasteiger partial charge is 0.262 e. The molecule has 10 heteroatoms. The Morgan fingerprint density at radius 3 is 2.72 bits per heavy atom. The lowest BCUT2D eigenvalue weighted by molar-refractivity contribution is -0.118. The molecule has 2 heterocycles. The van der Waals surface area contributed by atoms with E-state index in [4.69, 9.17) is 38.4 Å². The first-order valence-electron chi connectivity index (χ1n) is 9.47. The van der Waals surface area contributed by atoms with Gasteiger partial charge in [-0.3, -0.25) is 9.89 Å². The average Bonchev–Trinajstić information content (AvgIpc) is 3.14. The summed E-state index contributed by atoms with van der Waals surface area (Å²) >= 11 is 11.8. The first-order chi connectivity index (χ1) is 15.4. The number of anilines is 1. The minimum absolute atomic E-state index is 0.0239. The largest absolute Gasteiger partial charge is 0.484 e. The van der Waals surface area contributed by atoms with Crippen LogP contribution >= 0.6 is 23.2 Å². The zero-order chi connectivity index (χ0) is 22.8. The number of amides is 1. The van der Waals surface area contributed by atoms with Gasteiger partial charge in [0.2, 0.25) is 11.8 Å². The highest BCUT2D eigenvalue weighted by Gasteiger charge is 2.34. The van der Waals surface area contributed by atoms with Crippen molar-refractivity contribution in [2.45, 2.75) is 12.8 Å². The van der Waals surface area contributed by atoms with E-state index in [-0.39, 0.29) is 18.4 Å². The van der Waals surface area contributed by atoms with Crippen molar-refractivity contribution < 1.29 is 14.3 Å². The number of H-pyrrole nitrogens is 1. The number of hydrogen-bond acceptors (Lipinski definition) is 6. The van der Waals surface area contributed by atoms with Crippen LogP contribution in [0, 0.1) is 18.3 Å². The predicted octanol–water partition coefficient (Wildman–Crippen LogP) is 4.26. The quantitative estimate of drug-likeness (QED) is 0.512. The van der Waals surface area contributed by atoms with Crippen LogP contribution in [0.4, 0.5) is 5.69 Å². The molecule has 1 unspecified atom stereocenters. The lowest BCUT2D eigenvalue weighted by Gasteiger charge is -2.23. The van der Waals surface area contributed by atoms with Crippen LogP contribution in [0.1, 0.15) is 22.7 Å². The van der Waals surface area contributed by atoms with Crippen LogP contribution in [0.2, 0.25) is 10.0 Å². The van der Waals surface area contributed by atoms with Gasteiger partial charge in [0.25, 0.3) is 5.91 Å². The highest BCUT2D eigenvalue weighted by atomic mass is 35.5. The molecule has 8 nitrogen and oxygen atoms in total. The molecule has 4 rings (SSSR count). The van der Waals surface area contributed by atoms with Crippen LogP contribution in [0.3, 0.4) is 0 Å². The van der Waals surface area contributed by atoms with Gasteiger partial charge in [0.05, 0.1) is 16.0 Å². The molecule has 1 amide bonds. The second-order valence-corrected chi connectivity index (χ2v) is 7.84. The van der Waals surface area contributed by atoms with Gasteiger partial charge in [-0.25, -0.2) is 0 Å². The van der Waals surface area contributed by atoms with Gasteiger partial charge < -0.3 is 20.5 Å². The number of nitrogens with zero attached hydrogens (tertiary/aromatic N) is 2. The number of carbonyl (C=O) groups is 1. The van der Waals surface area contributed by atoms with E-state index in [1.807, 2.05) is 19.1 Å². The highest BCUT2D eigenvalue weighted by Crippen LogP contribution is 2.42. The van der Waals surface area contributed by atoms with Gasteiger partial charge in [0, 0.05) is 16.9 Å². The number of aromatic nitrogens is 2. The fourth-order valence-corrected chi connectivity index (χ4v) is 3.71. The topological polar surface area (TPSA) is 126 Å². The summed E-state index contributed by atoms with van der Waals surface area (Å²) in [7, 11) is 0. The molecule has 0 saturated heterocycles. The Morgan fingerprint density at radius 1 is 1.28 bits per heavy atom. The van der Waals surface area contributed by atoms with E-state index in [2.05, 4.69) is 21.6 Å². The minimum Gasteiger partial charge on any atom is -0.484 e. The fraction of sp³-hybridized carbons (Fsp3) is 0.136. The molecule has 4 N–H and O–H groups in total. The van der Waals surface area contributed by atoms with E-state index >= 15 is 0 Å². The van der Waals surface area contributed by atoms with Crippen molar-refractivity contribution in [2.75, 3.05) is 11.9 Å². The average molecular weight is 470 g/mol. The number of aryl methyl sites for hydroxylation is 1. The summed E-state index contributed by atoms with van der Waals surface area (Å²) in [5.74, 6) is 0.0938. The summed E-state index contributed by atoms with van der Waals surface area (Å²) in [5.41, 5.74) is 9.10. The SMILES string of the molecule is Cc1[nH]nc2c1C(c1ccc(OCC(=O)Nc3ccc(Cl)c(Cl)c3)cc1)C(C#N)=C(N)O2. The normalized spacial score (nSPS) is 14.9. The molecule has 0 fully saturated rings. The van der Waals surface area contributed by atoms with E-state index in [0.29, 0.717) is 32.9 Å². The van der Waals surface area contributed by atoms with Crippen molar-refractivity contribution in [3.05, 3.63) is 80.8 Å². The van der Waals surface area contributed by atoms with E-state index in [9.17, 15) is 10.1 Å². The Labute approximate surface area is 193 Å². The van der Waals surface area contributed by atoms with Crippen LogP contribution in [0.5, 0.6) is 11.6 Å². The zero-order valence-electron chi connectivity index (χ0n) is 16.8. The minimum atomic E-state index is -0.422.